The van der Waals surface area contributed by atoms with Gasteiger partial charge in [0.1, 0.15) is 5.75 Å². The van der Waals surface area contributed by atoms with Crippen molar-refractivity contribution in [2.45, 2.75) is 32.6 Å². The van der Waals surface area contributed by atoms with E-state index in [1.54, 1.807) is 23.9 Å². The molecule has 0 aliphatic heterocycles. The Morgan fingerprint density at radius 1 is 0.674 bits per heavy atom. The lowest BCUT2D eigenvalue weighted by Gasteiger charge is -2.11. The molecule has 0 amide bonds. The van der Waals surface area contributed by atoms with E-state index >= 15 is 0 Å². The number of benzene rings is 4. The fourth-order valence-corrected chi connectivity index (χ4v) is 5.65. The van der Waals surface area contributed by atoms with Gasteiger partial charge >= 0.3 is 5.97 Å². The number of aryl methyl sites for hydroxylation is 3. The predicted molar refractivity (Wildman–Crippen MR) is 189 cm³/mol. The number of carbonyl (C=O) groups is 1. The SMILES string of the molecule is CCOc1ccc(-c2cc(C)cn2-c2ccc(C(=O)ON)cc2)cc1.CSc1ccc(-n2cc(C)cc2-c2ccc(C)cc2)cc1. The van der Waals surface area contributed by atoms with Gasteiger partial charge in [0.05, 0.1) is 23.6 Å². The molecule has 0 aliphatic carbocycles. The second-order valence-electron chi connectivity index (χ2n) is 11.0. The Bertz CT molecular complexity index is 1890. The van der Waals surface area contributed by atoms with E-state index in [4.69, 9.17) is 10.6 Å². The Morgan fingerprint density at radius 2 is 1.15 bits per heavy atom. The topological polar surface area (TPSA) is 71.4 Å². The normalized spacial score (nSPS) is 10.7. The molecular formula is C39H39N3O3S. The molecule has 2 heterocycles. The van der Waals surface area contributed by atoms with Crippen LogP contribution >= 0.6 is 11.8 Å². The molecule has 0 bridgehead atoms. The van der Waals surface area contributed by atoms with Gasteiger partial charge in [-0.3, -0.25) is 0 Å². The van der Waals surface area contributed by atoms with Crippen molar-refractivity contribution in [3.8, 4) is 39.6 Å². The Kier molecular flexibility index (Phi) is 10.5. The maximum Gasteiger partial charge on any atom is 0.356 e. The summed E-state index contributed by atoms with van der Waals surface area (Å²) in [6, 6.07) is 36.9. The number of thioether (sulfide) groups is 1. The van der Waals surface area contributed by atoms with Gasteiger partial charge in [0, 0.05) is 28.7 Å². The van der Waals surface area contributed by atoms with E-state index in [0.29, 0.717) is 12.2 Å². The lowest BCUT2D eigenvalue weighted by Crippen LogP contribution is -2.10. The van der Waals surface area contributed by atoms with Gasteiger partial charge in [-0.05, 0) is 141 Å². The van der Waals surface area contributed by atoms with Crippen molar-refractivity contribution < 1.29 is 14.4 Å². The van der Waals surface area contributed by atoms with Crippen molar-refractivity contribution in [2.75, 3.05) is 12.9 Å². The van der Waals surface area contributed by atoms with Crippen LogP contribution in [0.15, 0.2) is 126 Å². The zero-order chi connectivity index (χ0) is 32.6. The Morgan fingerprint density at radius 3 is 1.61 bits per heavy atom. The van der Waals surface area contributed by atoms with E-state index in [2.05, 4.69) is 114 Å². The summed E-state index contributed by atoms with van der Waals surface area (Å²) < 4.78 is 9.86. The molecule has 7 heteroatoms. The van der Waals surface area contributed by atoms with Crippen molar-refractivity contribution in [2.24, 2.45) is 5.90 Å². The van der Waals surface area contributed by atoms with E-state index in [-0.39, 0.29) is 0 Å². The molecule has 0 unspecified atom stereocenters. The van der Waals surface area contributed by atoms with Gasteiger partial charge in [-0.25, -0.2) is 4.79 Å². The van der Waals surface area contributed by atoms with Crippen LogP contribution in [0.5, 0.6) is 5.75 Å². The minimum Gasteiger partial charge on any atom is -0.494 e. The molecular weight excluding hydrogens is 591 g/mol. The number of rotatable bonds is 8. The summed E-state index contributed by atoms with van der Waals surface area (Å²) in [5.74, 6) is 5.22. The molecule has 2 aromatic heterocycles. The summed E-state index contributed by atoms with van der Waals surface area (Å²) >= 11 is 1.77. The highest BCUT2D eigenvalue weighted by Crippen LogP contribution is 2.29. The number of carbonyl (C=O) groups excluding carboxylic acids is 1. The summed E-state index contributed by atoms with van der Waals surface area (Å²) in [7, 11) is 0. The van der Waals surface area contributed by atoms with Crippen LogP contribution in [0.4, 0.5) is 0 Å². The van der Waals surface area contributed by atoms with Crippen molar-refractivity contribution in [3.05, 3.63) is 144 Å². The smallest absolute Gasteiger partial charge is 0.356 e. The maximum absolute atomic E-state index is 11.5. The molecule has 0 radical (unpaired) electrons. The molecule has 2 N–H and O–H groups in total. The maximum atomic E-state index is 11.5. The van der Waals surface area contributed by atoms with Crippen LogP contribution in [-0.2, 0) is 4.84 Å². The molecule has 0 fully saturated rings. The highest BCUT2D eigenvalue weighted by molar-refractivity contribution is 7.98. The van der Waals surface area contributed by atoms with Crippen LogP contribution in [-0.4, -0.2) is 28.0 Å². The number of nitrogens with two attached hydrogens (primary N) is 1. The Labute approximate surface area is 275 Å². The number of hydrogen-bond acceptors (Lipinski definition) is 5. The number of nitrogens with zero attached hydrogens (tertiary/aromatic N) is 2. The summed E-state index contributed by atoms with van der Waals surface area (Å²) in [6.07, 6.45) is 6.36. The quantitative estimate of drug-likeness (QED) is 0.134. The molecule has 0 saturated heterocycles. The molecule has 6 rings (SSSR count). The van der Waals surface area contributed by atoms with Gasteiger partial charge < -0.3 is 18.7 Å². The highest BCUT2D eigenvalue weighted by Gasteiger charge is 2.11. The lowest BCUT2D eigenvalue weighted by atomic mass is 10.1. The van der Waals surface area contributed by atoms with Gasteiger partial charge in [-0.15, -0.1) is 11.8 Å². The van der Waals surface area contributed by atoms with Crippen LogP contribution in [0.1, 0.15) is 34.0 Å². The second-order valence-corrected chi connectivity index (χ2v) is 11.9. The van der Waals surface area contributed by atoms with Crippen molar-refractivity contribution in [1.29, 1.82) is 0 Å². The first kappa shape index (κ1) is 32.4. The first-order chi connectivity index (χ1) is 22.3. The van der Waals surface area contributed by atoms with E-state index in [1.807, 2.05) is 43.3 Å². The first-order valence-corrected chi connectivity index (χ1v) is 16.4. The van der Waals surface area contributed by atoms with Gasteiger partial charge in [0.2, 0.25) is 0 Å². The van der Waals surface area contributed by atoms with Gasteiger partial charge in [-0.1, -0.05) is 29.8 Å². The van der Waals surface area contributed by atoms with Gasteiger partial charge in [0.25, 0.3) is 0 Å². The summed E-state index contributed by atoms with van der Waals surface area (Å²) in [6.45, 7) is 8.92. The van der Waals surface area contributed by atoms with E-state index in [0.717, 1.165) is 28.3 Å². The molecule has 234 valence electrons. The molecule has 0 atom stereocenters. The van der Waals surface area contributed by atoms with Gasteiger partial charge in [0.15, 0.2) is 0 Å². The number of aromatic nitrogens is 2. The average molecular weight is 630 g/mol. The fraction of sp³-hybridized carbons (Fsp3) is 0.154. The van der Waals surface area contributed by atoms with Crippen LogP contribution in [0.2, 0.25) is 0 Å². The average Bonchev–Trinajstić information content (AvgIpc) is 3.68. The van der Waals surface area contributed by atoms with E-state index in [9.17, 15) is 4.79 Å². The molecule has 0 saturated carbocycles. The monoisotopic (exact) mass is 629 g/mol. The van der Waals surface area contributed by atoms with Crippen LogP contribution in [0, 0.1) is 20.8 Å². The molecule has 4 aromatic carbocycles. The minimum absolute atomic E-state index is 0.415. The molecule has 6 aromatic rings. The zero-order valence-corrected chi connectivity index (χ0v) is 27.7. The molecule has 0 spiro atoms. The summed E-state index contributed by atoms with van der Waals surface area (Å²) in [4.78, 5) is 17.0. The minimum atomic E-state index is -0.554. The van der Waals surface area contributed by atoms with Crippen molar-refractivity contribution >= 4 is 17.7 Å². The lowest BCUT2D eigenvalue weighted by molar-refractivity contribution is 0.0503. The zero-order valence-electron chi connectivity index (χ0n) is 26.9. The van der Waals surface area contributed by atoms with Crippen molar-refractivity contribution in [3.63, 3.8) is 0 Å². The second kappa shape index (κ2) is 14.9. The highest BCUT2D eigenvalue weighted by atomic mass is 32.2. The predicted octanol–water partition coefficient (Wildman–Crippen LogP) is 9.36. The summed E-state index contributed by atoms with van der Waals surface area (Å²) in [5, 5.41) is 0. The third-order valence-corrected chi connectivity index (χ3v) is 8.30. The first-order valence-electron chi connectivity index (χ1n) is 15.1. The summed E-state index contributed by atoms with van der Waals surface area (Å²) in [5.41, 5.74) is 10.9. The standard InChI is InChI=1S/C20H20N2O3.C19H19NS/c1-3-24-18-10-6-15(7-11-18)19-12-14(2)13-22(19)17-8-4-16(5-9-17)20(23)25-21;1-14-4-6-16(7-5-14)19-12-15(2)13-20(19)17-8-10-18(21-3)11-9-17/h4-13H,3,21H2,1-2H3;4-13H,1-3H3. The number of hydrogen-bond donors (Lipinski definition) is 1. The third kappa shape index (κ3) is 7.62. The fourth-order valence-electron chi connectivity index (χ4n) is 5.25. The van der Waals surface area contributed by atoms with Crippen LogP contribution in [0.25, 0.3) is 33.9 Å². The third-order valence-electron chi connectivity index (χ3n) is 7.56. The van der Waals surface area contributed by atoms with E-state index in [1.165, 1.54) is 33.0 Å². The van der Waals surface area contributed by atoms with Crippen LogP contribution < -0.4 is 10.6 Å². The Balaban J connectivity index is 0.000000184. The largest absolute Gasteiger partial charge is 0.494 e. The van der Waals surface area contributed by atoms with E-state index < -0.39 is 5.97 Å². The van der Waals surface area contributed by atoms with Crippen molar-refractivity contribution in [1.82, 2.24) is 9.13 Å². The molecule has 46 heavy (non-hydrogen) atoms. The molecule has 0 aliphatic rings. The Hall–Kier alpha value is -4.98. The number of ether oxygens (including phenoxy) is 1. The van der Waals surface area contributed by atoms with Crippen LogP contribution in [0.3, 0.4) is 0 Å². The van der Waals surface area contributed by atoms with Gasteiger partial charge in [-0.2, -0.15) is 5.90 Å². The molecule has 6 nitrogen and oxygen atoms in total.